The highest BCUT2D eigenvalue weighted by atomic mass is 19.2. The lowest BCUT2D eigenvalue weighted by Crippen LogP contribution is -2.70. The van der Waals surface area contributed by atoms with Crippen LogP contribution in [0.1, 0.15) is 23.0 Å². The molecule has 2 saturated heterocycles. The van der Waals surface area contributed by atoms with Crippen molar-refractivity contribution in [1.29, 1.82) is 0 Å². The van der Waals surface area contributed by atoms with Crippen LogP contribution in [0.4, 0.5) is 13.2 Å². The van der Waals surface area contributed by atoms with E-state index in [0.29, 0.717) is 0 Å². The average molecular weight is 613 g/mol. The van der Waals surface area contributed by atoms with Gasteiger partial charge in [0.25, 0.3) is 5.91 Å². The van der Waals surface area contributed by atoms with Gasteiger partial charge < -0.3 is 34.8 Å². The van der Waals surface area contributed by atoms with Crippen molar-refractivity contribution >= 4 is 11.6 Å². The number of nitrogens with one attached hydrogen (secondary N) is 3. The minimum atomic E-state index is -1.58. The molecule has 0 aromatic heterocycles. The molecule has 0 bridgehead atoms. The van der Waals surface area contributed by atoms with Crippen LogP contribution in [0.25, 0.3) is 5.70 Å². The number of carbonyl (C=O) groups is 1. The number of hydrogen-bond donors (Lipinski definition) is 4. The van der Waals surface area contributed by atoms with Crippen LogP contribution >= 0.6 is 0 Å². The SMILES string of the molecule is CNC(=O)[C@@H](OCc1ccccc1)C1OC2COC(c3ccccc3)O[C@@H]2C(N2C=C(c3cc(F)c(F)c(F)c3)NN2)C1O. The fraction of sp³-hybridized carbons (Fsp3) is 0.323. The molecule has 3 aliphatic rings. The maximum atomic E-state index is 14.0. The molecule has 13 heteroatoms. The molecule has 44 heavy (non-hydrogen) atoms. The van der Waals surface area contributed by atoms with E-state index in [1.165, 1.54) is 18.3 Å². The summed E-state index contributed by atoms with van der Waals surface area (Å²) in [5, 5.41) is 15.9. The number of fused-ring (bicyclic) bond motifs is 1. The third-order valence-corrected chi connectivity index (χ3v) is 7.77. The third-order valence-electron chi connectivity index (χ3n) is 7.77. The first-order chi connectivity index (χ1) is 21.3. The topological polar surface area (TPSA) is 114 Å². The zero-order chi connectivity index (χ0) is 30.8. The van der Waals surface area contributed by atoms with E-state index in [4.69, 9.17) is 18.9 Å². The molecule has 2 fully saturated rings. The van der Waals surface area contributed by atoms with E-state index < -0.39 is 66.2 Å². The second-order valence-corrected chi connectivity index (χ2v) is 10.6. The molecular formula is C31H31F3N4O6. The van der Waals surface area contributed by atoms with Gasteiger partial charge in [-0.05, 0) is 17.7 Å². The second-order valence-electron chi connectivity index (χ2n) is 10.6. The summed E-state index contributed by atoms with van der Waals surface area (Å²) in [6.45, 7) is 0.137. The van der Waals surface area contributed by atoms with E-state index >= 15 is 0 Å². The molecule has 232 valence electrons. The largest absolute Gasteiger partial charge is 0.388 e. The van der Waals surface area contributed by atoms with Gasteiger partial charge in [-0.2, -0.15) is 0 Å². The summed E-state index contributed by atoms with van der Waals surface area (Å²) in [4.78, 5) is 13.1. The highest BCUT2D eigenvalue weighted by Gasteiger charge is 2.55. The van der Waals surface area contributed by atoms with Gasteiger partial charge in [0.05, 0.1) is 18.9 Å². The Bertz CT molecular complexity index is 1480. The fourth-order valence-electron chi connectivity index (χ4n) is 5.56. The molecule has 7 atom stereocenters. The Morgan fingerprint density at radius 1 is 1.07 bits per heavy atom. The lowest BCUT2D eigenvalue weighted by molar-refractivity contribution is -0.327. The van der Waals surface area contributed by atoms with Gasteiger partial charge >= 0.3 is 0 Å². The first-order valence-corrected chi connectivity index (χ1v) is 14.0. The van der Waals surface area contributed by atoms with Gasteiger partial charge in [0.15, 0.2) is 29.8 Å². The lowest BCUT2D eigenvalue weighted by atomic mass is 9.88. The van der Waals surface area contributed by atoms with Gasteiger partial charge in [-0.25, -0.2) is 13.2 Å². The standard InChI is InChI=1S/C31H31F3N4O6/c1-35-30(40)29(41-15-17-8-4-2-5-9-17)28-26(39)25(27-23(43-28)16-42-31(44-27)18-10-6-3-7-11-18)38-14-22(36-37-38)19-12-20(32)24(34)21(33)13-19/h2-14,23,25-29,31,36-37,39H,15-16H2,1H3,(H,35,40)/t23?,25?,26?,27-,28?,29-,31?/m0/s1. The number of nitrogens with zero attached hydrogens (tertiary/aromatic N) is 1. The van der Waals surface area contributed by atoms with Gasteiger partial charge in [-0.3, -0.25) is 9.80 Å². The maximum absolute atomic E-state index is 14.0. The lowest BCUT2D eigenvalue weighted by Gasteiger charge is -2.51. The molecule has 3 heterocycles. The quantitative estimate of drug-likeness (QED) is 0.285. The van der Waals surface area contributed by atoms with Crippen LogP contribution in [0, 0.1) is 17.5 Å². The van der Waals surface area contributed by atoms with Crippen molar-refractivity contribution in [3.05, 3.63) is 113 Å². The minimum absolute atomic E-state index is 0.0236. The Morgan fingerprint density at radius 3 is 2.43 bits per heavy atom. The molecule has 0 spiro atoms. The number of amides is 1. The first-order valence-electron chi connectivity index (χ1n) is 14.0. The zero-order valence-electron chi connectivity index (χ0n) is 23.5. The average Bonchev–Trinajstić information content (AvgIpc) is 3.54. The minimum Gasteiger partial charge on any atom is -0.388 e. The Morgan fingerprint density at radius 2 is 1.75 bits per heavy atom. The van der Waals surface area contributed by atoms with Crippen molar-refractivity contribution in [3.8, 4) is 0 Å². The number of carbonyl (C=O) groups excluding carboxylic acids is 1. The maximum Gasteiger partial charge on any atom is 0.251 e. The van der Waals surface area contributed by atoms with E-state index in [9.17, 15) is 23.1 Å². The van der Waals surface area contributed by atoms with Crippen molar-refractivity contribution in [2.75, 3.05) is 13.7 Å². The summed E-state index contributed by atoms with van der Waals surface area (Å²) in [6.07, 6.45) is -4.68. The summed E-state index contributed by atoms with van der Waals surface area (Å²) in [7, 11) is 1.45. The highest BCUT2D eigenvalue weighted by Crippen LogP contribution is 2.38. The molecule has 5 unspecified atom stereocenters. The Hall–Kier alpha value is -3.98. The Balaban J connectivity index is 1.32. The van der Waals surface area contributed by atoms with Crippen LogP contribution in [0.15, 0.2) is 79.0 Å². The molecule has 1 amide bonds. The third kappa shape index (κ3) is 6.02. The molecule has 6 rings (SSSR count). The fourth-order valence-corrected chi connectivity index (χ4v) is 5.56. The molecule has 10 nitrogen and oxygen atoms in total. The number of aliphatic hydroxyl groups is 1. The molecular weight excluding hydrogens is 581 g/mol. The summed E-state index contributed by atoms with van der Waals surface area (Å²) in [6, 6.07) is 19.2. The monoisotopic (exact) mass is 612 g/mol. The van der Waals surface area contributed by atoms with Crippen molar-refractivity contribution in [1.82, 2.24) is 21.3 Å². The van der Waals surface area contributed by atoms with Crippen molar-refractivity contribution < 1.29 is 42.0 Å². The molecule has 3 aliphatic heterocycles. The van der Waals surface area contributed by atoms with Crippen LogP contribution in [0.2, 0.25) is 0 Å². The number of ether oxygens (including phenoxy) is 4. The van der Waals surface area contributed by atoms with Crippen molar-refractivity contribution in [2.24, 2.45) is 0 Å². The van der Waals surface area contributed by atoms with Gasteiger partial charge in [0.1, 0.15) is 30.5 Å². The molecule has 0 radical (unpaired) electrons. The summed E-state index contributed by atoms with van der Waals surface area (Å²) < 4.78 is 66.4. The van der Waals surface area contributed by atoms with E-state index in [2.05, 4.69) is 16.3 Å². The smallest absolute Gasteiger partial charge is 0.251 e. The van der Waals surface area contributed by atoms with E-state index in [1.807, 2.05) is 60.7 Å². The number of rotatable bonds is 8. The molecule has 3 aromatic rings. The van der Waals surface area contributed by atoms with Crippen molar-refractivity contribution in [3.63, 3.8) is 0 Å². The van der Waals surface area contributed by atoms with Crippen LogP contribution in [-0.2, 0) is 30.3 Å². The molecule has 0 aliphatic carbocycles. The number of hydrogen-bond acceptors (Lipinski definition) is 9. The predicted molar refractivity (Wildman–Crippen MR) is 150 cm³/mol. The molecule has 4 N–H and O–H groups in total. The summed E-state index contributed by atoms with van der Waals surface area (Å²) in [5.74, 6) is -4.80. The van der Waals surface area contributed by atoms with Gasteiger partial charge in [-0.15, -0.1) is 5.53 Å². The van der Waals surface area contributed by atoms with E-state index in [1.54, 1.807) is 0 Å². The highest BCUT2D eigenvalue weighted by molar-refractivity contribution is 5.81. The summed E-state index contributed by atoms with van der Waals surface area (Å²) in [5.41, 5.74) is 7.47. The van der Waals surface area contributed by atoms with Crippen molar-refractivity contribution in [2.45, 2.75) is 49.5 Å². The zero-order valence-corrected chi connectivity index (χ0v) is 23.5. The Labute approximate surface area is 251 Å². The van der Waals surface area contributed by atoms with Crippen LogP contribution in [0.5, 0.6) is 0 Å². The number of benzene rings is 3. The van der Waals surface area contributed by atoms with Gasteiger partial charge in [0.2, 0.25) is 0 Å². The predicted octanol–water partition coefficient (Wildman–Crippen LogP) is 2.67. The Kier molecular flexibility index (Phi) is 8.84. The number of hydrazine groups is 2. The normalized spacial score (nSPS) is 27.2. The number of likely N-dealkylation sites (N-methyl/N-ethyl adjacent to an activating group) is 1. The van der Waals surface area contributed by atoms with E-state index in [0.717, 1.165) is 23.3 Å². The van der Waals surface area contributed by atoms with Gasteiger partial charge in [0, 0.05) is 24.4 Å². The molecule has 3 aromatic carbocycles. The van der Waals surface area contributed by atoms with Gasteiger partial charge in [-0.1, -0.05) is 60.7 Å². The number of halogens is 3. The van der Waals surface area contributed by atoms with E-state index in [-0.39, 0.29) is 24.5 Å². The first kappa shape index (κ1) is 30.1. The van der Waals surface area contributed by atoms with Crippen LogP contribution in [0.3, 0.4) is 0 Å². The van der Waals surface area contributed by atoms with Crippen LogP contribution in [-0.4, -0.2) is 66.2 Å². The van der Waals surface area contributed by atoms with Crippen LogP contribution < -0.4 is 16.3 Å². The number of aliphatic hydroxyl groups excluding tert-OH is 1. The summed E-state index contributed by atoms with van der Waals surface area (Å²) >= 11 is 0. The molecule has 0 saturated carbocycles. The second kappa shape index (κ2) is 12.9.